The van der Waals surface area contributed by atoms with Crippen molar-refractivity contribution in [3.05, 3.63) is 59.7 Å². The van der Waals surface area contributed by atoms with Gasteiger partial charge in [0, 0.05) is 51.0 Å². The van der Waals surface area contributed by atoms with E-state index < -0.39 is 5.82 Å². The van der Waals surface area contributed by atoms with Gasteiger partial charge in [-0.25, -0.2) is 4.39 Å². The van der Waals surface area contributed by atoms with Gasteiger partial charge in [0.25, 0.3) is 0 Å². The van der Waals surface area contributed by atoms with Crippen molar-refractivity contribution < 1.29 is 4.39 Å². The number of halogens is 1. The second-order valence-corrected chi connectivity index (χ2v) is 6.50. The van der Waals surface area contributed by atoms with Crippen LogP contribution in [0.4, 0.5) is 10.1 Å². The largest absolute Gasteiger partial charge is 0.370 e. The summed E-state index contributed by atoms with van der Waals surface area (Å²) in [5.41, 5.74) is 1.96. The van der Waals surface area contributed by atoms with Gasteiger partial charge in [-0.15, -0.1) is 0 Å². The maximum atomic E-state index is 13.8. The molecule has 1 aliphatic heterocycles. The second kappa shape index (κ2) is 8.09. The molecule has 0 bridgehead atoms. The minimum atomic E-state index is -0.445. The molecule has 2 heterocycles. The van der Waals surface area contributed by atoms with Crippen molar-refractivity contribution in [2.75, 3.05) is 31.6 Å². The van der Waals surface area contributed by atoms with Gasteiger partial charge in [-0.2, -0.15) is 5.26 Å². The highest BCUT2D eigenvalue weighted by Gasteiger charge is 2.24. The maximum absolute atomic E-state index is 13.8. The summed E-state index contributed by atoms with van der Waals surface area (Å²) in [4.78, 5) is 8.89. The van der Waals surface area contributed by atoms with Crippen LogP contribution in [0.3, 0.4) is 0 Å². The fraction of sp³-hybridized carbons (Fsp3) is 0.400. The highest BCUT2D eigenvalue weighted by molar-refractivity contribution is 5.60. The number of piperidine rings is 1. The van der Waals surface area contributed by atoms with Crippen LogP contribution < -0.4 is 4.90 Å². The summed E-state index contributed by atoms with van der Waals surface area (Å²) in [6, 6.07) is 13.2. The number of nitriles is 1. The zero-order valence-corrected chi connectivity index (χ0v) is 14.5. The molecule has 5 heteroatoms. The van der Waals surface area contributed by atoms with Crippen molar-refractivity contribution in [3.8, 4) is 6.07 Å². The predicted octanol–water partition coefficient (Wildman–Crippen LogP) is 3.24. The summed E-state index contributed by atoms with van der Waals surface area (Å²) in [7, 11) is 1.96. The molecular formula is C20H23FN4. The van der Waals surface area contributed by atoms with Crippen molar-refractivity contribution >= 4 is 5.69 Å². The molecule has 3 rings (SSSR count). The second-order valence-electron chi connectivity index (χ2n) is 6.50. The van der Waals surface area contributed by atoms with Crippen LogP contribution in [0, 0.1) is 17.1 Å². The quantitative estimate of drug-likeness (QED) is 0.839. The topological polar surface area (TPSA) is 43.2 Å². The number of rotatable bonds is 5. The van der Waals surface area contributed by atoms with E-state index in [1.165, 1.54) is 6.07 Å². The van der Waals surface area contributed by atoms with E-state index in [9.17, 15) is 9.65 Å². The lowest BCUT2D eigenvalue weighted by molar-refractivity contribution is 0.212. The molecule has 1 fully saturated rings. The van der Waals surface area contributed by atoms with Crippen LogP contribution in [-0.2, 0) is 6.42 Å². The first kappa shape index (κ1) is 17.4. The number of aromatic nitrogens is 1. The lowest BCUT2D eigenvalue weighted by atomic mass is 10.0. The molecular weight excluding hydrogens is 315 g/mol. The molecule has 0 unspecified atom stereocenters. The van der Waals surface area contributed by atoms with Crippen LogP contribution in [-0.4, -0.2) is 42.6 Å². The lowest BCUT2D eigenvalue weighted by Crippen LogP contribution is -2.44. The van der Waals surface area contributed by atoms with Gasteiger partial charge in [0.2, 0.25) is 0 Å². The number of hydrogen-bond donors (Lipinski definition) is 0. The molecule has 1 aliphatic rings. The molecule has 4 nitrogen and oxygen atoms in total. The van der Waals surface area contributed by atoms with Crippen LogP contribution >= 0.6 is 0 Å². The number of anilines is 1. The average Bonchev–Trinajstić information content (AvgIpc) is 2.67. The van der Waals surface area contributed by atoms with Crippen molar-refractivity contribution in [1.29, 1.82) is 5.26 Å². The Hall–Kier alpha value is -2.45. The van der Waals surface area contributed by atoms with E-state index in [0.29, 0.717) is 11.7 Å². The van der Waals surface area contributed by atoms with E-state index in [2.05, 4.69) is 20.9 Å². The van der Waals surface area contributed by atoms with Crippen LogP contribution in [0.1, 0.15) is 24.1 Å². The summed E-state index contributed by atoms with van der Waals surface area (Å²) in [6.45, 7) is 3.04. The monoisotopic (exact) mass is 338 g/mol. The summed E-state index contributed by atoms with van der Waals surface area (Å²) in [6.07, 6.45) is 4.83. The van der Waals surface area contributed by atoms with E-state index >= 15 is 0 Å². The SMILES string of the molecule is CN(c1cccc(F)c1C#N)C1CCN(CCc2ccccn2)CC1. The molecule has 0 aliphatic carbocycles. The van der Waals surface area contributed by atoms with Gasteiger partial charge in [-0.05, 0) is 37.1 Å². The molecule has 2 aromatic rings. The predicted molar refractivity (Wildman–Crippen MR) is 96.9 cm³/mol. The molecule has 1 aromatic carbocycles. The number of benzene rings is 1. The van der Waals surface area contributed by atoms with Crippen molar-refractivity contribution in [3.63, 3.8) is 0 Å². The van der Waals surface area contributed by atoms with Crippen molar-refractivity contribution in [2.24, 2.45) is 0 Å². The number of likely N-dealkylation sites (tertiary alicyclic amines) is 1. The third-order valence-electron chi connectivity index (χ3n) is 5.00. The Morgan fingerprint density at radius 3 is 2.72 bits per heavy atom. The fourth-order valence-electron chi connectivity index (χ4n) is 3.46. The number of pyridine rings is 1. The standard InChI is InChI=1S/C20H23FN4/c1-24(20-7-4-6-19(21)18(20)15-22)17-9-13-25(14-10-17)12-8-16-5-2-3-11-23-16/h2-7,11,17H,8-10,12-14H2,1H3. The van der Waals surface area contributed by atoms with E-state index in [0.717, 1.165) is 44.6 Å². The third-order valence-corrected chi connectivity index (χ3v) is 5.00. The van der Waals surface area contributed by atoms with E-state index in [1.807, 2.05) is 37.5 Å². The molecule has 0 saturated carbocycles. The Morgan fingerprint density at radius 1 is 1.24 bits per heavy atom. The van der Waals surface area contributed by atoms with Crippen molar-refractivity contribution in [2.45, 2.75) is 25.3 Å². The normalized spacial score (nSPS) is 15.7. The Kier molecular flexibility index (Phi) is 5.62. The average molecular weight is 338 g/mol. The number of hydrogen-bond acceptors (Lipinski definition) is 4. The molecule has 1 aromatic heterocycles. The molecule has 0 amide bonds. The van der Waals surface area contributed by atoms with Gasteiger partial charge in [0.15, 0.2) is 0 Å². The molecule has 0 spiro atoms. The Balaban J connectivity index is 1.55. The Bertz CT molecular complexity index is 733. The van der Waals surface area contributed by atoms with E-state index in [-0.39, 0.29) is 5.56 Å². The van der Waals surface area contributed by atoms with Crippen LogP contribution in [0.15, 0.2) is 42.6 Å². The highest BCUT2D eigenvalue weighted by Crippen LogP contribution is 2.26. The van der Waals surface area contributed by atoms with Gasteiger partial charge in [-0.3, -0.25) is 4.98 Å². The minimum Gasteiger partial charge on any atom is -0.370 e. The summed E-state index contributed by atoms with van der Waals surface area (Å²) < 4.78 is 13.8. The van der Waals surface area contributed by atoms with Gasteiger partial charge >= 0.3 is 0 Å². The molecule has 1 saturated heterocycles. The highest BCUT2D eigenvalue weighted by atomic mass is 19.1. The van der Waals surface area contributed by atoms with Gasteiger partial charge in [0.1, 0.15) is 17.4 Å². The molecule has 0 atom stereocenters. The molecule has 130 valence electrons. The first-order valence-corrected chi connectivity index (χ1v) is 8.72. The minimum absolute atomic E-state index is 0.141. The smallest absolute Gasteiger partial charge is 0.143 e. The maximum Gasteiger partial charge on any atom is 0.143 e. The molecule has 0 radical (unpaired) electrons. The first-order valence-electron chi connectivity index (χ1n) is 8.72. The molecule has 0 N–H and O–H groups in total. The zero-order valence-electron chi connectivity index (χ0n) is 14.5. The summed E-state index contributed by atoms with van der Waals surface area (Å²) in [5.74, 6) is -0.445. The van der Waals surface area contributed by atoms with Gasteiger partial charge in [-0.1, -0.05) is 12.1 Å². The lowest BCUT2D eigenvalue weighted by Gasteiger charge is -2.38. The van der Waals surface area contributed by atoms with Crippen LogP contribution in [0.5, 0.6) is 0 Å². The number of nitrogens with zero attached hydrogens (tertiary/aromatic N) is 4. The van der Waals surface area contributed by atoms with E-state index in [4.69, 9.17) is 0 Å². The summed E-state index contributed by atoms with van der Waals surface area (Å²) in [5, 5.41) is 9.24. The first-order chi connectivity index (χ1) is 12.2. The van der Waals surface area contributed by atoms with Gasteiger partial charge < -0.3 is 9.80 Å². The zero-order chi connectivity index (χ0) is 17.6. The third kappa shape index (κ3) is 4.15. The van der Waals surface area contributed by atoms with E-state index in [1.54, 1.807) is 6.07 Å². The fourth-order valence-corrected chi connectivity index (χ4v) is 3.46. The summed E-state index contributed by atoms with van der Waals surface area (Å²) >= 11 is 0. The van der Waals surface area contributed by atoms with Gasteiger partial charge in [0.05, 0.1) is 5.69 Å². The van der Waals surface area contributed by atoms with Crippen LogP contribution in [0.2, 0.25) is 0 Å². The Morgan fingerprint density at radius 2 is 2.04 bits per heavy atom. The van der Waals surface area contributed by atoms with Crippen LogP contribution in [0.25, 0.3) is 0 Å². The Labute approximate surface area is 148 Å². The van der Waals surface area contributed by atoms with Crippen molar-refractivity contribution in [1.82, 2.24) is 9.88 Å². The molecule has 25 heavy (non-hydrogen) atoms.